The highest BCUT2D eigenvalue weighted by Crippen LogP contribution is 2.29. The number of rotatable bonds is 5. The molecule has 1 fully saturated rings. The molecule has 1 aromatic carbocycles. The fourth-order valence-electron chi connectivity index (χ4n) is 2.87. The van der Waals surface area contributed by atoms with Crippen LogP contribution in [0.15, 0.2) is 30.3 Å². The monoisotopic (exact) mass is 286 g/mol. The van der Waals surface area contributed by atoms with E-state index < -0.39 is 0 Å². The van der Waals surface area contributed by atoms with Crippen LogP contribution in [0, 0.1) is 0 Å². The van der Waals surface area contributed by atoms with E-state index in [9.17, 15) is 0 Å². The molecule has 3 rings (SSSR count). The molecule has 0 aliphatic heterocycles. The molecule has 0 bridgehead atoms. The van der Waals surface area contributed by atoms with Gasteiger partial charge in [0.15, 0.2) is 0 Å². The second kappa shape index (κ2) is 6.51. The molecular formula is C17H22N2S. The minimum Gasteiger partial charge on any atom is -0.309 e. The van der Waals surface area contributed by atoms with E-state index in [1.165, 1.54) is 41.8 Å². The SMILES string of the molecule is CCc1nc(-c2ccccc2)sc1CNC1CCCC1. The summed E-state index contributed by atoms with van der Waals surface area (Å²) in [5.74, 6) is 0. The van der Waals surface area contributed by atoms with Gasteiger partial charge < -0.3 is 5.32 Å². The van der Waals surface area contributed by atoms with Gasteiger partial charge in [-0.2, -0.15) is 0 Å². The lowest BCUT2D eigenvalue weighted by Crippen LogP contribution is -2.25. The zero-order chi connectivity index (χ0) is 13.8. The third-order valence-electron chi connectivity index (χ3n) is 4.04. The van der Waals surface area contributed by atoms with Gasteiger partial charge in [-0.3, -0.25) is 0 Å². The first-order chi connectivity index (χ1) is 9.86. The molecule has 0 atom stereocenters. The van der Waals surface area contributed by atoms with Crippen molar-refractivity contribution in [2.24, 2.45) is 0 Å². The zero-order valence-corrected chi connectivity index (χ0v) is 12.9. The highest BCUT2D eigenvalue weighted by atomic mass is 32.1. The lowest BCUT2D eigenvalue weighted by Gasteiger charge is -2.10. The highest BCUT2D eigenvalue weighted by Gasteiger charge is 2.16. The van der Waals surface area contributed by atoms with E-state index in [1.54, 1.807) is 0 Å². The van der Waals surface area contributed by atoms with Crippen LogP contribution in [0.2, 0.25) is 0 Å². The van der Waals surface area contributed by atoms with Gasteiger partial charge in [0.2, 0.25) is 0 Å². The third-order valence-corrected chi connectivity index (χ3v) is 5.19. The van der Waals surface area contributed by atoms with E-state index in [2.05, 4.69) is 42.6 Å². The summed E-state index contributed by atoms with van der Waals surface area (Å²) in [5.41, 5.74) is 2.50. The third kappa shape index (κ3) is 3.10. The summed E-state index contributed by atoms with van der Waals surface area (Å²) in [6.07, 6.45) is 6.47. The Morgan fingerprint density at radius 2 is 1.95 bits per heavy atom. The number of nitrogens with zero attached hydrogens (tertiary/aromatic N) is 1. The molecule has 1 heterocycles. The van der Waals surface area contributed by atoms with Gasteiger partial charge in [0.25, 0.3) is 0 Å². The van der Waals surface area contributed by atoms with Gasteiger partial charge in [-0.15, -0.1) is 11.3 Å². The van der Waals surface area contributed by atoms with Crippen LogP contribution >= 0.6 is 11.3 Å². The molecule has 106 valence electrons. The second-order valence-corrected chi connectivity index (χ2v) is 6.55. The Bertz CT molecular complexity index is 541. The number of thiazole rings is 1. The van der Waals surface area contributed by atoms with Crippen molar-refractivity contribution in [1.29, 1.82) is 0 Å². The van der Waals surface area contributed by atoms with E-state index in [-0.39, 0.29) is 0 Å². The Kier molecular flexibility index (Phi) is 4.48. The highest BCUT2D eigenvalue weighted by molar-refractivity contribution is 7.15. The summed E-state index contributed by atoms with van der Waals surface area (Å²) in [5, 5.41) is 4.87. The van der Waals surface area contributed by atoms with Gasteiger partial charge in [-0.25, -0.2) is 4.98 Å². The molecule has 2 nitrogen and oxygen atoms in total. The molecule has 1 aliphatic carbocycles. The summed E-state index contributed by atoms with van der Waals surface area (Å²) in [6.45, 7) is 3.18. The number of hydrogen-bond acceptors (Lipinski definition) is 3. The maximum absolute atomic E-state index is 4.82. The van der Waals surface area contributed by atoms with Crippen LogP contribution in [0.5, 0.6) is 0 Å². The van der Waals surface area contributed by atoms with Crippen molar-refractivity contribution in [3.8, 4) is 10.6 Å². The summed E-state index contributed by atoms with van der Waals surface area (Å²) >= 11 is 1.85. The number of aromatic nitrogens is 1. The lowest BCUT2D eigenvalue weighted by molar-refractivity contribution is 0.525. The van der Waals surface area contributed by atoms with Crippen molar-refractivity contribution < 1.29 is 0 Å². The minimum atomic E-state index is 0.724. The zero-order valence-electron chi connectivity index (χ0n) is 12.1. The maximum atomic E-state index is 4.82. The van der Waals surface area contributed by atoms with Crippen molar-refractivity contribution in [2.45, 2.75) is 51.6 Å². The standard InChI is InChI=1S/C17H22N2S/c1-2-15-16(12-18-14-10-6-7-11-14)20-17(19-15)13-8-4-3-5-9-13/h3-5,8-9,14,18H,2,6-7,10-12H2,1H3. The summed E-state index contributed by atoms with van der Waals surface area (Å²) in [4.78, 5) is 6.24. The van der Waals surface area contributed by atoms with Crippen LogP contribution in [0.4, 0.5) is 0 Å². The summed E-state index contributed by atoms with van der Waals surface area (Å²) < 4.78 is 0. The van der Waals surface area contributed by atoms with Crippen LogP contribution in [0.25, 0.3) is 10.6 Å². The fourth-order valence-corrected chi connectivity index (χ4v) is 3.98. The molecule has 1 N–H and O–H groups in total. The van der Waals surface area contributed by atoms with Gasteiger partial charge in [0, 0.05) is 23.0 Å². The Morgan fingerprint density at radius 3 is 2.65 bits per heavy atom. The average molecular weight is 286 g/mol. The van der Waals surface area contributed by atoms with Crippen LogP contribution in [0.1, 0.15) is 43.2 Å². The Labute approximate surface area is 125 Å². The van der Waals surface area contributed by atoms with Crippen molar-refractivity contribution >= 4 is 11.3 Å². The molecule has 1 aromatic heterocycles. The predicted molar refractivity (Wildman–Crippen MR) is 86.0 cm³/mol. The Hall–Kier alpha value is -1.19. The van der Waals surface area contributed by atoms with Crippen molar-refractivity contribution in [3.05, 3.63) is 40.9 Å². The normalized spacial score (nSPS) is 15.8. The number of nitrogens with one attached hydrogen (secondary N) is 1. The maximum Gasteiger partial charge on any atom is 0.123 e. The van der Waals surface area contributed by atoms with Gasteiger partial charge in [-0.05, 0) is 19.3 Å². The molecule has 2 aromatic rings. The number of aryl methyl sites for hydroxylation is 1. The molecule has 0 unspecified atom stereocenters. The molecule has 0 amide bonds. The van der Waals surface area contributed by atoms with E-state index in [0.717, 1.165) is 24.0 Å². The van der Waals surface area contributed by atoms with E-state index >= 15 is 0 Å². The van der Waals surface area contributed by atoms with E-state index in [4.69, 9.17) is 4.98 Å². The first-order valence-corrected chi connectivity index (χ1v) is 8.46. The number of benzene rings is 1. The summed E-state index contributed by atoms with van der Waals surface area (Å²) in [6, 6.07) is 11.2. The van der Waals surface area contributed by atoms with Crippen LogP contribution < -0.4 is 5.32 Å². The first-order valence-electron chi connectivity index (χ1n) is 7.64. The quantitative estimate of drug-likeness (QED) is 0.881. The van der Waals surface area contributed by atoms with Gasteiger partial charge in [-0.1, -0.05) is 50.1 Å². The second-order valence-electron chi connectivity index (χ2n) is 5.47. The topological polar surface area (TPSA) is 24.9 Å². The molecule has 3 heteroatoms. The minimum absolute atomic E-state index is 0.724. The van der Waals surface area contributed by atoms with Crippen molar-refractivity contribution in [3.63, 3.8) is 0 Å². The van der Waals surface area contributed by atoms with E-state index in [1.807, 2.05) is 11.3 Å². The smallest absolute Gasteiger partial charge is 0.123 e. The molecule has 20 heavy (non-hydrogen) atoms. The van der Waals surface area contributed by atoms with Crippen LogP contribution in [-0.4, -0.2) is 11.0 Å². The van der Waals surface area contributed by atoms with Gasteiger partial charge in [0.05, 0.1) is 5.69 Å². The van der Waals surface area contributed by atoms with Gasteiger partial charge >= 0.3 is 0 Å². The Morgan fingerprint density at radius 1 is 1.20 bits per heavy atom. The van der Waals surface area contributed by atoms with Crippen LogP contribution in [0.3, 0.4) is 0 Å². The molecule has 1 aliphatic rings. The molecule has 0 saturated heterocycles. The van der Waals surface area contributed by atoms with Crippen molar-refractivity contribution in [1.82, 2.24) is 10.3 Å². The fraction of sp³-hybridized carbons (Fsp3) is 0.471. The van der Waals surface area contributed by atoms with Crippen LogP contribution in [-0.2, 0) is 13.0 Å². The molecule has 0 spiro atoms. The predicted octanol–water partition coefficient (Wildman–Crippen LogP) is 4.40. The largest absolute Gasteiger partial charge is 0.309 e. The van der Waals surface area contributed by atoms with E-state index in [0.29, 0.717) is 0 Å². The first kappa shape index (κ1) is 13.8. The molecule has 0 radical (unpaired) electrons. The lowest BCUT2D eigenvalue weighted by atomic mass is 10.2. The summed E-state index contributed by atoms with van der Waals surface area (Å²) in [7, 11) is 0. The molecular weight excluding hydrogens is 264 g/mol. The molecule has 1 saturated carbocycles. The van der Waals surface area contributed by atoms with Crippen molar-refractivity contribution in [2.75, 3.05) is 0 Å². The van der Waals surface area contributed by atoms with Gasteiger partial charge in [0.1, 0.15) is 5.01 Å². The Balaban J connectivity index is 1.74. The number of hydrogen-bond donors (Lipinski definition) is 1. The average Bonchev–Trinajstić information content (AvgIpc) is 3.15.